The molecular weight excluding hydrogens is 194 g/mol. The van der Waals surface area contributed by atoms with Crippen molar-refractivity contribution in [2.75, 3.05) is 0 Å². The number of aromatic nitrogens is 2. The van der Waals surface area contributed by atoms with Crippen LogP contribution in [0.3, 0.4) is 0 Å². The molecule has 1 aliphatic rings. The van der Waals surface area contributed by atoms with Gasteiger partial charge in [-0.2, -0.15) is 0 Å². The molecule has 2 rings (SSSR count). The standard InChI is InChI=1S/C10H17N3S/c11-10(9-13-12-8-14-9)6-4-2-1-3-5-7-10/h8H,1-7,11H2. The second kappa shape index (κ2) is 4.36. The van der Waals surface area contributed by atoms with E-state index in [1.807, 2.05) is 0 Å². The van der Waals surface area contributed by atoms with E-state index >= 15 is 0 Å². The van der Waals surface area contributed by atoms with Crippen molar-refractivity contribution in [3.63, 3.8) is 0 Å². The molecule has 0 bridgehead atoms. The highest BCUT2D eigenvalue weighted by Crippen LogP contribution is 2.33. The average molecular weight is 211 g/mol. The number of nitrogens with zero attached hydrogens (tertiary/aromatic N) is 2. The molecule has 2 N–H and O–H groups in total. The van der Waals surface area contributed by atoms with E-state index in [-0.39, 0.29) is 5.54 Å². The minimum absolute atomic E-state index is 0.179. The van der Waals surface area contributed by atoms with Crippen LogP contribution in [0.5, 0.6) is 0 Å². The van der Waals surface area contributed by atoms with E-state index in [1.165, 1.54) is 32.1 Å². The van der Waals surface area contributed by atoms with E-state index in [0.717, 1.165) is 17.8 Å². The predicted octanol–water partition coefficient (Wildman–Crippen LogP) is 2.44. The summed E-state index contributed by atoms with van der Waals surface area (Å²) >= 11 is 1.60. The summed E-state index contributed by atoms with van der Waals surface area (Å²) in [5.41, 5.74) is 8.00. The number of hydrogen-bond acceptors (Lipinski definition) is 4. The number of rotatable bonds is 1. The number of nitrogens with two attached hydrogens (primary N) is 1. The second-order valence-corrected chi connectivity index (χ2v) is 5.00. The van der Waals surface area contributed by atoms with Crippen molar-refractivity contribution in [3.05, 3.63) is 10.5 Å². The van der Waals surface area contributed by atoms with Crippen LogP contribution in [0.2, 0.25) is 0 Å². The first-order valence-electron chi connectivity index (χ1n) is 5.37. The maximum absolute atomic E-state index is 6.40. The second-order valence-electron chi connectivity index (χ2n) is 4.17. The monoisotopic (exact) mass is 211 g/mol. The van der Waals surface area contributed by atoms with E-state index < -0.39 is 0 Å². The molecule has 1 aromatic heterocycles. The summed E-state index contributed by atoms with van der Waals surface area (Å²) < 4.78 is 0. The summed E-state index contributed by atoms with van der Waals surface area (Å²) in [4.78, 5) is 0. The lowest BCUT2D eigenvalue weighted by molar-refractivity contribution is 0.321. The Labute approximate surface area is 88.7 Å². The molecule has 0 aromatic carbocycles. The van der Waals surface area contributed by atoms with Gasteiger partial charge in [-0.25, -0.2) is 0 Å². The third-order valence-electron chi connectivity index (χ3n) is 3.03. The van der Waals surface area contributed by atoms with Crippen LogP contribution in [0.15, 0.2) is 5.51 Å². The van der Waals surface area contributed by atoms with Crippen LogP contribution in [0.1, 0.15) is 50.0 Å². The van der Waals surface area contributed by atoms with Crippen molar-refractivity contribution >= 4 is 11.3 Å². The van der Waals surface area contributed by atoms with Gasteiger partial charge in [0.15, 0.2) is 0 Å². The van der Waals surface area contributed by atoms with Gasteiger partial charge in [0, 0.05) is 0 Å². The van der Waals surface area contributed by atoms with Crippen molar-refractivity contribution in [1.82, 2.24) is 10.2 Å². The van der Waals surface area contributed by atoms with Crippen LogP contribution < -0.4 is 5.73 Å². The Morgan fingerprint density at radius 3 is 2.36 bits per heavy atom. The Morgan fingerprint density at radius 2 is 1.79 bits per heavy atom. The van der Waals surface area contributed by atoms with E-state index in [1.54, 1.807) is 16.8 Å². The Morgan fingerprint density at radius 1 is 1.14 bits per heavy atom. The fourth-order valence-corrected chi connectivity index (χ4v) is 2.87. The SMILES string of the molecule is NC1(c2nncs2)CCCCCCC1. The van der Waals surface area contributed by atoms with Crippen molar-refractivity contribution in [2.24, 2.45) is 5.73 Å². The fourth-order valence-electron chi connectivity index (χ4n) is 2.14. The highest BCUT2D eigenvalue weighted by Gasteiger charge is 2.30. The molecule has 4 heteroatoms. The van der Waals surface area contributed by atoms with Gasteiger partial charge < -0.3 is 5.73 Å². The molecule has 0 spiro atoms. The van der Waals surface area contributed by atoms with Gasteiger partial charge in [-0.3, -0.25) is 0 Å². The van der Waals surface area contributed by atoms with Crippen LogP contribution in [0.4, 0.5) is 0 Å². The van der Waals surface area contributed by atoms with Crippen LogP contribution in [-0.4, -0.2) is 10.2 Å². The van der Waals surface area contributed by atoms with E-state index in [9.17, 15) is 0 Å². The van der Waals surface area contributed by atoms with Gasteiger partial charge in [0.25, 0.3) is 0 Å². The van der Waals surface area contributed by atoms with Crippen molar-refractivity contribution in [3.8, 4) is 0 Å². The molecule has 78 valence electrons. The quantitative estimate of drug-likeness (QED) is 0.776. The zero-order valence-electron chi connectivity index (χ0n) is 8.41. The van der Waals surface area contributed by atoms with E-state index in [4.69, 9.17) is 5.73 Å². The smallest absolute Gasteiger partial charge is 0.137 e. The lowest BCUT2D eigenvalue weighted by atomic mass is 9.85. The molecule has 0 saturated heterocycles. The van der Waals surface area contributed by atoms with Gasteiger partial charge in [0.2, 0.25) is 0 Å². The molecular formula is C10H17N3S. The van der Waals surface area contributed by atoms with Gasteiger partial charge in [-0.05, 0) is 12.8 Å². The minimum Gasteiger partial charge on any atom is -0.319 e. The van der Waals surface area contributed by atoms with Crippen LogP contribution in [-0.2, 0) is 5.54 Å². The summed E-state index contributed by atoms with van der Waals surface area (Å²) in [6, 6.07) is 0. The summed E-state index contributed by atoms with van der Waals surface area (Å²) in [5.74, 6) is 0. The maximum atomic E-state index is 6.40. The normalized spacial score (nSPS) is 22.6. The Hall–Kier alpha value is -0.480. The fraction of sp³-hybridized carbons (Fsp3) is 0.800. The third kappa shape index (κ3) is 2.12. The summed E-state index contributed by atoms with van der Waals surface area (Å²) in [7, 11) is 0. The van der Waals surface area contributed by atoms with Crippen LogP contribution in [0.25, 0.3) is 0 Å². The predicted molar refractivity (Wildman–Crippen MR) is 58.1 cm³/mol. The number of hydrogen-bond donors (Lipinski definition) is 1. The van der Waals surface area contributed by atoms with Crippen molar-refractivity contribution < 1.29 is 0 Å². The Kier molecular flexibility index (Phi) is 3.13. The molecule has 0 amide bonds. The highest BCUT2D eigenvalue weighted by atomic mass is 32.1. The summed E-state index contributed by atoms with van der Waals surface area (Å²) in [6.45, 7) is 0. The molecule has 14 heavy (non-hydrogen) atoms. The van der Waals surface area contributed by atoms with Gasteiger partial charge in [-0.15, -0.1) is 21.5 Å². The Bertz CT molecular complexity index is 263. The van der Waals surface area contributed by atoms with Gasteiger partial charge >= 0.3 is 0 Å². The molecule has 1 saturated carbocycles. The molecule has 0 unspecified atom stereocenters. The largest absolute Gasteiger partial charge is 0.319 e. The van der Waals surface area contributed by atoms with Gasteiger partial charge in [-0.1, -0.05) is 32.1 Å². The van der Waals surface area contributed by atoms with Crippen LogP contribution in [0, 0.1) is 0 Å². The molecule has 1 aliphatic carbocycles. The lowest BCUT2D eigenvalue weighted by Crippen LogP contribution is -2.37. The van der Waals surface area contributed by atoms with Crippen molar-refractivity contribution in [2.45, 2.75) is 50.5 Å². The van der Waals surface area contributed by atoms with Crippen molar-refractivity contribution in [1.29, 1.82) is 0 Å². The van der Waals surface area contributed by atoms with Gasteiger partial charge in [0.05, 0.1) is 5.54 Å². The molecule has 1 heterocycles. The third-order valence-corrected chi connectivity index (χ3v) is 3.94. The molecule has 1 fully saturated rings. The zero-order chi connectivity index (χ0) is 9.86. The lowest BCUT2D eigenvalue weighted by Gasteiger charge is -2.28. The molecule has 3 nitrogen and oxygen atoms in total. The molecule has 1 aromatic rings. The highest BCUT2D eigenvalue weighted by molar-refractivity contribution is 7.09. The van der Waals surface area contributed by atoms with E-state index in [2.05, 4.69) is 10.2 Å². The first kappa shape index (κ1) is 10.1. The zero-order valence-corrected chi connectivity index (χ0v) is 9.22. The molecule has 0 radical (unpaired) electrons. The molecule has 0 atom stereocenters. The summed E-state index contributed by atoms with van der Waals surface area (Å²) in [6.07, 6.45) is 8.61. The van der Waals surface area contributed by atoms with E-state index in [0.29, 0.717) is 0 Å². The van der Waals surface area contributed by atoms with Gasteiger partial charge in [0.1, 0.15) is 10.5 Å². The van der Waals surface area contributed by atoms with Crippen LogP contribution >= 0.6 is 11.3 Å². The molecule has 0 aliphatic heterocycles. The minimum atomic E-state index is -0.179. The Balaban J connectivity index is 2.11. The maximum Gasteiger partial charge on any atom is 0.137 e. The summed E-state index contributed by atoms with van der Waals surface area (Å²) in [5, 5.41) is 9.04. The topological polar surface area (TPSA) is 51.8 Å². The first-order valence-corrected chi connectivity index (χ1v) is 6.25. The first-order chi connectivity index (χ1) is 6.81. The average Bonchev–Trinajstić information content (AvgIpc) is 2.65.